The van der Waals surface area contributed by atoms with E-state index < -0.39 is 11.8 Å². The van der Waals surface area contributed by atoms with Gasteiger partial charge in [0, 0.05) is 31.1 Å². The van der Waals surface area contributed by atoms with Crippen LogP contribution in [0.2, 0.25) is 0 Å². The average molecular weight is 197 g/mol. The Bertz CT molecular complexity index is 284. The molecule has 0 saturated carbocycles. The molecule has 0 atom stereocenters. The summed E-state index contributed by atoms with van der Waals surface area (Å²) in [5.41, 5.74) is 8.01. The zero-order chi connectivity index (χ0) is 10.4. The highest BCUT2D eigenvalue weighted by molar-refractivity contribution is 6.35. The number of nitrogens with one attached hydrogen (secondary N) is 1. The molecule has 0 bridgehead atoms. The van der Waals surface area contributed by atoms with E-state index in [1.807, 2.05) is 0 Å². The van der Waals surface area contributed by atoms with Crippen molar-refractivity contribution in [3.63, 3.8) is 0 Å². The molecular formula is C7H11N5O2. The molecule has 7 nitrogen and oxygen atoms in total. The molecule has 14 heavy (non-hydrogen) atoms. The number of rotatable bonds is 4. The van der Waals surface area contributed by atoms with Gasteiger partial charge in [0.2, 0.25) is 0 Å². The smallest absolute Gasteiger partial charge is 0.311 e. The van der Waals surface area contributed by atoms with Gasteiger partial charge in [0.1, 0.15) is 0 Å². The zero-order valence-corrected chi connectivity index (χ0v) is 7.64. The average Bonchev–Trinajstić information content (AvgIpc) is 2.19. The van der Waals surface area contributed by atoms with Gasteiger partial charge in [-0.25, -0.2) is 0 Å². The van der Waals surface area contributed by atoms with Crippen LogP contribution in [0.5, 0.6) is 0 Å². The maximum atomic E-state index is 11.2. The lowest BCUT2D eigenvalue weighted by Gasteiger charge is -2.25. The standard InChI is InChI=1S/C7H11N5O2/c8-11-10-2-1-4-12-5-3-9-6(13)7(12)14/h1-5H2,(H,9,13). The first kappa shape index (κ1) is 10.3. The van der Waals surface area contributed by atoms with Gasteiger partial charge >= 0.3 is 11.8 Å². The quantitative estimate of drug-likeness (QED) is 0.219. The molecule has 1 N–H and O–H groups in total. The summed E-state index contributed by atoms with van der Waals surface area (Å²) in [6.45, 7) is 1.83. The van der Waals surface area contributed by atoms with Crippen LogP contribution in [-0.4, -0.2) is 42.9 Å². The van der Waals surface area contributed by atoms with Crippen LogP contribution in [0.1, 0.15) is 6.42 Å². The third-order valence-electron chi connectivity index (χ3n) is 1.90. The first-order chi connectivity index (χ1) is 6.75. The number of piperazine rings is 1. The third kappa shape index (κ3) is 2.63. The second-order valence-electron chi connectivity index (χ2n) is 2.86. The summed E-state index contributed by atoms with van der Waals surface area (Å²) in [6, 6.07) is 0. The van der Waals surface area contributed by atoms with Crippen LogP contribution < -0.4 is 5.32 Å². The molecule has 1 aliphatic heterocycles. The molecule has 1 fully saturated rings. The Morgan fingerprint density at radius 2 is 2.36 bits per heavy atom. The minimum atomic E-state index is -0.556. The summed E-state index contributed by atoms with van der Waals surface area (Å²) in [5.74, 6) is -1.06. The Morgan fingerprint density at radius 3 is 3.07 bits per heavy atom. The Kier molecular flexibility index (Phi) is 3.75. The third-order valence-corrected chi connectivity index (χ3v) is 1.90. The van der Waals surface area contributed by atoms with Crippen LogP contribution >= 0.6 is 0 Å². The van der Waals surface area contributed by atoms with Gasteiger partial charge in [-0.2, -0.15) is 0 Å². The van der Waals surface area contributed by atoms with E-state index in [0.717, 1.165) is 0 Å². The van der Waals surface area contributed by atoms with Gasteiger partial charge < -0.3 is 10.2 Å². The maximum Gasteiger partial charge on any atom is 0.311 e. The highest BCUT2D eigenvalue weighted by atomic mass is 16.2. The van der Waals surface area contributed by atoms with E-state index in [2.05, 4.69) is 15.3 Å². The van der Waals surface area contributed by atoms with Gasteiger partial charge in [0.15, 0.2) is 0 Å². The minimum absolute atomic E-state index is 0.349. The number of hydrogen-bond acceptors (Lipinski definition) is 3. The lowest BCUT2D eigenvalue weighted by molar-refractivity contribution is -0.148. The molecule has 0 aromatic rings. The number of azide groups is 1. The number of carbonyl (C=O) groups is 2. The second-order valence-corrected chi connectivity index (χ2v) is 2.86. The number of amides is 2. The molecule has 0 radical (unpaired) electrons. The molecule has 7 heteroatoms. The summed E-state index contributed by atoms with van der Waals surface area (Å²) in [4.78, 5) is 26.2. The van der Waals surface area contributed by atoms with Crippen LogP contribution in [0.3, 0.4) is 0 Å². The molecule has 0 unspecified atom stereocenters. The molecule has 0 aliphatic carbocycles. The van der Waals surface area contributed by atoms with Gasteiger partial charge in [-0.1, -0.05) is 5.11 Å². The Balaban J connectivity index is 2.32. The first-order valence-electron chi connectivity index (χ1n) is 4.33. The highest BCUT2D eigenvalue weighted by Crippen LogP contribution is 1.97. The lowest BCUT2D eigenvalue weighted by Crippen LogP contribution is -2.52. The first-order valence-corrected chi connectivity index (χ1v) is 4.33. The van der Waals surface area contributed by atoms with E-state index in [1.54, 1.807) is 0 Å². The fourth-order valence-corrected chi connectivity index (χ4v) is 1.22. The van der Waals surface area contributed by atoms with Gasteiger partial charge in [0.05, 0.1) is 0 Å². The fourth-order valence-electron chi connectivity index (χ4n) is 1.22. The van der Waals surface area contributed by atoms with Crippen molar-refractivity contribution in [2.45, 2.75) is 6.42 Å². The van der Waals surface area contributed by atoms with Crippen molar-refractivity contribution >= 4 is 11.8 Å². The largest absolute Gasteiger partial charge is 0.346 e. The number of carbonyl (C=O) groups excluding carboxylic acids is 2. The number of hydrogen-bond donors (Lipinski definition) is 1. The van der Waals surface area contributed by atoms with Crippen LogP contribution in [0.25, 0.3) is 10.4 Å². The Morgan fingerprint density at radius 1 is 1.57 bits per heavy atom. The molecule has 76 valence electrons. The topological polar surface area (TPSA) is 98.2 Å². The molecular weight excluding hydrogens is 186 g/mol. The second kappa shape index (κ2) is 5.08. The molecule has 1 heterocycles. The van der Waals surface area contributed by atoms with Crippen molar-refractivity contribution in [2.75, 3.05) is 26.2 Å². The van der Waals surface area contributed by atoms with Gasteiger partial charge in [-0.3, -0.25) is 9.59 Å². The fraction of sp³-hybridized carbons (Fsp3) is 0.714. The van der Waals surface area contributed by atoms with E-state index in [4.69, 9.17) is 5.53 Å². The molecule has 1 aliphatic rings. The van der Waals surface area contributed by atoms with Crippen molar-refractivity contribution in [1.29, 1.82) is 0 Å². The van der Waals surface area contributed by atoms with Crippen LogP contribution in [0.15, 0.2) is 5.11 Å². The minimum Gasteiger partial charge on any atom is -0.346 e. The predicted octanol–water partition coefficient (Wildman–Crippen LogP) is -0.355. The van der Waals surface area contributed by atoms with Crippen LogP contribution in [0, 0.1) is 0 Å². The van der Waals surface area contributed by atoms with E-state index in [0.29, 0.717) is 32.6 Å². The van der Waals surface area contributed by atoms with Crippen LogP contribution in [-0.2, 0) is 9.59 Å². The van der Waals surface area contributed by atoms with Crippen molar-refractivity contribution in [3.05, 3.63) is 10.4 Å². The van der Waals surface area contributed by atoms with E-state index in [9.17, 15) is 9.59 Å². The van der Waals surface area contributed by atoms with Gasteiger partial charge in [-0.05, 0) is 12.0 Å². The van der Waals surface area contributed by atoms with E-state index >= 15 is 0 Å². The summed E-state index contributed by atoms with van der Waals surface area (Å²) in [6.07, 6.45) is 0.586. The summed E-state index contributed by atoms with van der Waals surface area (Å²) in [5, 5.41) is 5.79. The molecule has 0 aromatic heterocycles. The molecule has 0 spiro atoms. The van der Waals surface area contributed by atoms with Crippen molar-refractivity contribution in [3.8, 4) is 0 Å². The predicted molar refractivity (Wildman–Crippen MR) is 48.2 cm³/mol. The summed E-state index contributed by atoms with van der Waals surface area (Å²) < 4.78 is 0. The molecule has 1 rings (SSSR count). The summed E-state index contributed by atoms with van der Waals surface area (Å²) >= 11 is 0. The number of nitrogens with zero attached hydrogens (tertiary/aromatic N) is 4. The summed E-state index contributed by atoms with van der Waals surface area (Å²) in [7, 11) is 0. The Labute approximate surface area is 80.7 Å². The maximum absolute atomic E-state index is 11.2. The lowest BCUT2D eigenvalue weighted by atomic mass is 10.3. The molecule has 1 saturated heterocycles. The van der Waals surface area contributed by atoms with Gasteiger partial charge in [-0.15, -0.1) is 0 Å². The van der Waals surface area contributed by atoms with Crippen molar-refractivity contribution in [1.82, 2.24) is 10.2 Å². The zero-order valence-electron chi connectivity index (χ0n) is 7.64. The monoisotopic (exact) mass is 197 g/mol. The van der Waals surface area contributed by atoms with E-state index in [1.165, 1.54) is 4.90 Å². The SMILES string of the molecule is [N-]=[N+]=NCCCN1CCNC(=O)C1=O. The van der Waals surface area contributed by atoms with Crippen molar-refractivity contribution in [2.24, 2.45) is 5.11 Å². The normalized spacial score (nSPS) is 16.1. The van der Waals surface area contributed by atoms with Crippen molar-refractivity contribution < 1.29 is 9.59 Å². The molecule has 2 amide bonds. The van der Waals surface area contributed by atoms with E-state index in [-0.39, 0.29) is 0 Å². The van der Waals surface area contributed by atoms with Crippen LogP contribution in [0.4, 0.5) is 0 Å². The highest BCUT2D eigenvalue weighted by Gasteiger charge is 2.24. The molecule has 0 aromatic carbocycles. The Hall–Kier alpha value is -1.75. The van der Waals surface area contributed by atoms with Gasteiger partial charge in [0.25, 0.3) is 0 Å².